The quantitative estimate of drug-likeness (QED) is 0.102. The summed E-state index contributed by atoms with van der Waals surface area (Å²) in [7, 11) is 9.00. The van der Waals surface area contributed by atoms with Crippen molar-refractivity contribution >= 4 is 34.8 Å². The van der Waals surface area contributed by atoms with Gasteiger partial charge in [-0.25, -0.2) is 0 Å². The first-order valence-corrected chi connectivity index (χ1v) is 32.4. The first kappa shape index (κ1) is 61.2. The number of fused-ring (bicyclic) bond motifs is 9. The largest absolute Gasteiger partial charge is 0.469 e. The van der Waals surface area contributed by atoms with Crippen LogP contribution in [0.1, 0.15) is 171 Å². The summed E-state index contributed by atoms with van der Waals surface area (Å²) in [6, 6.07) is 56.8. The van der Waals surface area contributed by atoms with Crippen molar-refractivity contribution in [3.05, 3.63) is 197 Å². The zero-order valence-electron chi connectivity index (χ0n) is 52.3. The van der Waals surface area contributed by atoms with E-state index >= 15 is 0 Å². The van der Waals surface area contributed by atoms with Crippen molar-refractivity contribution in [3.63, 3.8) is 0 Å². The summed E-state index contributed by atoms with van der Waals surface area (Å²) in [6.45, 7) is 10.4. The number of piperidine rings is 4. The molecule has 8 heterocycles. The standard InChI is InChI=1S/C21H25N.C20H23NO2.C18H25NO2.C17H21NO2/c1-15-8-10-16(11-9-15)19-14-18-12-13-20(22(18)2)21(19)17-6-4-3-5-7-17;1-21-16-9-10-18(21)19(20(22)23-2)17(12-16)15-8-7-13-5-3-4-6-14(13)11-15;1-11(2)12-4-6-13(7-5-12)15-10-14-8-9-16(19-14)17(15)18(20)21-3;1-3-11-4-6-12(7-5-11)14-10-13-8-9-15(18-13)16(14)17(19)20-2/h3-11,18-21H,12-14H2,1-2H3;3-8,11,16-19H,9-10,12H2,1-2H3;4-7,11,14-17,19H,8-10H2,1-3H3;3-7,13-16,18H,1,8-10H2,2H3/t;16?,17-,18?,19?;;/m.1../s1. The molecule has 8 fully saturated rings. The Morgan fingerprint density at radius 1 is 0.488 bits per heavy atom. The fourth-order valence-electron chi connectivity index (χ4n) is 17.2. The van der Waals surface area contributed by atoms with Gasteiger partial charge in [0.25, 0.3) is 0 Å². The smallest absolute Gasteiger partial charge is 0.310 e. The van der Waals surface area contributed by atoms with Crippen molar-refractivity contribution in [1.82, 2.24) is 20.4 Å². The van der Waals surface area contributed by atoms with Crippen LogP contribution in [0.15, 0.2) is 152 Å². The highest BCUT2D eigenvalue weighted by atomic mass is 16.5. The van der Waals surface area contributed by atoms with Crippen molar-refractivity contribution in [1.29, 1.82) is 0 Å². The minimum absolute atomic E-state index is 0.0429. The number of methoxy groups -OCH3 is 3. The van der Waals surface area contributed by atoms with Gasteiger partial charge >= 0.3 is 17.9 Å². The second-order valence-corrected chi connectivity index (χ2v) is 26.7. The molecule has 8 aliphatic rings. The van der Waals surface area contributed by atoms with E-state index in [2.05, 4.69) is 207 Å². The second-order valence-electron chi connectivity index (χ2n) is 26.7. The molecular formula is C76H94N4O6. The van der Waals surface area contributed by atoms with E-state index in [1.807, 2.05) is 6.08 Å². The number of aryl methyl sites for hydroxylation is 1. The molecule has 0 amide bonds. The molecule has 10 heteroatoms. The SMILES string of the molecule is C=Cc1ccc(C2CC3CCC(N3)C2C(=O)OC)cc1.COC(=O)C1C2CCC(CC1c1ccc(C(C)C)cc1)N2.COC(=O)C1C2CCC(C[C@@H]1c1ccc3ccccc3c1)N2C.Cc1ccc(C2CC3CCC(C2c2ccccc2)N3C)cc1. The predicted octanol–water partition coefficient (Wildman–Crippen LogP) is 14.2. The van der Waals surface area contributed by atoms with Crippen molar-refractivity contribution in [2.75, 3.05) is 35.4 Å². The topological polar surface area (TPSA) is 109 Å². The van der Waals surface area contributed by atoms with Crippen LogP contribution in [-0.2, 0) is 28.6 Å². The number of rotatable bonds is 10. The Bertz CT molecular complexity index is 3260. The Labute approximate surface area is 512 Å². The van der Waals surface area contributed by atoms with E-state index in [-0.39, 0.29) is 65.5 Å². The monoisotopic (exact) mass is 1160 g/mol. The first-order chi connectivity index (χ1) is 41.7. The van der Waals surface area contributed by atoms with E-state index in [1.165, 1.54) is 110 Å². The molecule has 6 aromatic rings. The summed E-state index contributed by atoms with van der Waals surface area (Å²) in [6.07, 6.45) is 15.8. The van der Waals surface area contributed by atoms with Crippen molar-refractivity contribution in [2.24, 2.45) is 17.8 Å². The van der Waals surface area contributed by atoms with Gasteiger partial charge in [0.2, 0.25) is 0 Å². The Kier molecular flexibility index (Phi) is 19.4. The minimum Gasteiger partial charge on any atom is -0.469 e. The number of benzene rings is 6. The Balaban J connectivity index is 0.000000119. The fourth-order valence-corrected chi connectivity index (χ4v) is 17.2. The molecule has 0 spiro atoms. The first-order valence-electron chi connectivity index (χ1n) is 32.4. The van der Waals surface area contributed by atoms with Gasteiger partial charge in [0.1, 0.15) is 0 Å². The lowest BCUT2D eigenvalue weighted by Gasteiger charge is -2.43. The van der Waals surface area contributed by atoms with Gasteiger partial charge in [0.05, 0.1) is 39.1 Å². The predicted molar refractivity (Wildman–Crippen MR) is 346 cm³/mol. The summed E-state index contributed by atoms with van der Waals surface area (Å²) in [4.78, 5) is 42.0. The maximum absolute atomic E-state index is 12.5. The number of nitrogens with one attached hydrogen (secondary N) is 2. The van der Waals surface area contributed by atoms with E-state index in [4.69, 9.17) is 14.2 Å². The van der Waals surface area contributed by atoms with Gasteiger partial charge in [0, 0.05) is 72.0 Å². The average Bonchev–Trinajstić information content (AvgIpc) is 1.75. The van der Waals surface area contributed by atoms with Crippen LogP contribution in [-0.4, -0.2) is 111 Å². The molecule has 0 radical (unpaired) electrons. The van der Waals surface area contributed by atoms with Crippen LogP contribution in [0, 0.1) is 24.7 Å². The van der Waals surface area contributed by atoms with Gasteiger partial charge in [-0.15, -0.1) is 0 Å². The minimum atomic E-state index is -0.0827. The number of hydrogen-bond donors (Lipinski definition) is 2. The van der Waals surface area contributed by atoms with E-state index in [1.54, 1.807) is 0 Å². The highest BCUT2D eigenvalue weighted by Gasteiger charge is 2.51. The summed E-state index contributed by atoms with van der Waals surface area (Å²) < 4.78 is 15.3. The number of nitrogens with zero attached hydrogens (tertiary/aromatic N) is 2. The molecule has 10 nitrogen and oxygen atoms in total. The lowest BCUT2D eigenvalue weighted by atomic mass is 9.73. The van der Waals surface area contributed by atoms with E-state index in [0.29, 0.717) is 48.0 Å². The molecular weight excluding hydrogens is 1060 g/mol. The lowest BCUT2D eigenvalue weighted by molar-refractivity contribution is -0.150. The molecule has 8 bridgehead atoms. The Morgan fingerprint density at radius 3 is 1.51 bits per heavy atom. The third-order valence-corrected chi connectivity index (χ3v) is 21.8. The third-order valence-electron chi connectivity index (χ3n) is 21.8. The summed E-state index contributed by atoms with van der Waals surface area (Å²) in [5.74, 6) is 2.30. The maximum atomic E-state index is 12.5. The molecule has 86 heavy (non-hydrogen) atoms. The zero-order valence-corrected chi connectivity index (χ0v) is 52.3. The van der Waals surface area contributed by atoms with Gasteiger partial charge in [-0.05, 0) is 160 Å². The molecule has 15 unspecified atom stereocenters. The molecule has 8 aliphatic heterocycles. The van der Waals surface area contributed by atoms with Crippen LogP contribution in [0.4, 0.5) is 0 Å². The molecule has 0 aliphatic carbocycles. The third kappa shape index (κ3) is 12.9. The number of hydrogen-bond acceptors (Lipinski definition) is 10. The zero-order chi connectivity index (χ0) is 60.2. The van der Waals surface area contributed by atoms with Gasteiger partial charge in [0.15, 0.2) is 0 Å². The Hall–Kier alpha value is -6.43. The molecule has 6 aromatic carbocycles. The number of carbonyl (C=O) groups excluding carboxylic acids is 3. The molecule has 16 atom stereocenters. The molecule has 454 valence electrons. The van der Waals surface area contributed by atoms with Crippen LogP contribution >= 0.6 is 0 Å². The molecule has 2 N–H and O–H groups in total. The van der Waals surface area contributed by atoms with Crippen LogP contribution in [0.25, 0.3) is 16.8 Å². The number of esters is 3. The van der Waals surface area contributed by atoms with Gasteiger partial charge < -0.3 is 24.8 Å². The summed E-state index contributed by atoms with van der Waals surface area (Å²) >= 11 is 0. The Morgan fingerprint density at radius 2 is 0.953 bits per heavy atom. The lowest BCUT2D eigenvalue weighted by Crippen LogP contribution is -2.49. The molecule has 8 saturated heterocycles. The van der Waals surface area contributed by atoms with Crippen molar-refractivity contribution in [2.45, 2.75) is 182 Å². The highest BCUT2D eigenvalue weighted by molar-refractivity contribution is 5.84. The average molecular weight is 1160 g/mol. The van der Waals surface area contributed by atoms with E-state index < -0.39 is 0 Å². The number of carbonyl (C=O) groups is 3. The molecule has 0 aromatic heterocycles. The van der Waals surface area contributed by atoms with Crippen LogP contribution in [0.2, 0.25) is 0 Å². The normalized spacial score (nSPS) is 31.3. The molecule has 14 rings (SSSR count). The highest BCUT2D eigenvalue weighted by Crippen LogP contribution is 2.52. The van der Waals surface area contributed by atoms with Crippen LogP contribution < -0.4 is 10.6 Å². The number of ether oxygens (including phenoxy) is 3. The van der Waals surface area contributed by atoms with E-state index in [0.717, 1.165) is 50.1 Å². The fraction of sp³-hybridized carbons (Fsp3) is 0.487. The second kappa shape index (κ2) is 27.3. The van der Waals surface area contributed by atoms with Crippen molar-refractivity contribution < 1.29 is 28.6 Å². The maximum Gasteiger partial charge on any atom is 0.310 e. The number of likely N-dealkylation sites (N-methyl/N-ethyl adjacent to an activating group) is 1. The van der Waals surface area contributed by atoms with Crippen molar-refractivity contribution in [3.8, 4) is 0 Å². The summed E-state index contributed by atoms with van der Waals surface area (Å²) in [5.41, 5.74) is 10.7. The van der Waals surface area contributed by atoms with Gasteiger partial charge in [-0.1, -0.05) is 178 Å². The molecule has 0 saturated carbocycles. The van der Waals surface area contributed by atoms with Crippen LogP contribution in [0.5, 0.6) is 0 Å². The van der Waals surface area contributed by atoms with E-state index in [9.17, 15) is 14.4 Å². The van der Waals surface area contributed by atoms with Gasteiger partial charge in [-0.2, -0.15) is 0 Å². The van der Waals surface area contributed by atoms with Gasteiger partial charge in [-0.3, -0.25) is 24.2 Å². The summed E-state index contributed by atoms with van der Waals surface area (Å²) in [5, 5.41) is 9.65. The van der Waals surface area contributed by atoms with Crippen LogP contribution in [0.3, 0.4) is 0 Å².